The van der Waals surface area contributed by atoms with E-state index in [1.165, 1.54) is 0 Å². The zero-order valence-corrected chi connectivity index (χ0v) is 6.64. The minimum Gasteiger partial charge on any atom is -0.493 e. The van der Waals surface area contributed by atoms with E-state index in [1.54, 1.807) is 20.0 Å². The minimum atomic E-state index is 0. The second-order valence-corrected chi connectivity index (χ2v) is 1.92. The molecule has 1 heterocycles. The molecular weight excluding hydrogens is 152 g/mol. The van der Waals surface area contributed by atoms with E-state index in [0.717, 1.165) is 0 Å². The van der Waals surface area contributed by atoms with Gasteiger partial charge in [-0.05, 0) is 13.8 Å². The highest BCUT2D eigenvalue weighted by Crippen LogP contribution is 2.08. The monoisotopic (exact) mass is 160 g/mol. The second kappa shape index (κ2) is 3.37. The van der Waals surface area contributed by atoms with Crippen LogP contribution in [0.25, 0.3) is 0 Å². The fourth-order valence-electron chi connectivity index (χ4n) is 0.518. The Kier molecular flexibility index (Phi) is 3.09. The fraction of sp³-hybridized carbons (Fsp3) is 0.333. The molecule has 10 heavy (non-hydrogen) atoms. The van der Waals surface area contributed by atoms with Gasteiger partial charge in [0.25, 0.3) is 0 Å². The van der Waals surface area contributed by atoms with Gasteiger partial charge in [0, 0.05) is 11.8 Å². The molecule has 1 aromatic heterocycles. The number of aryl methyl sites for hydroxylation is 2. The first-order chi connectivity index (χ1) is 4.20. The normalized spacial score (nSPS) is 8.60. The maximum absolute atomic E-state index is 8.95. The van der Waals surface area contributed by atoms with Crippen molar-refractivity contribution in [1.82, 2.24) is 9.97 Å². The maximum atomic E-state index is 8.95. The van der Waals surface area contributed by atoms with Gasteiger partial charge in [-0.25, -0.2) is 4.98 Å². The van der Waals surface area contributed by atoms with Crippen molar-refractivity contribution < 1.29 is 5.11 Å². The van der Waals surface area contributed by atoms with Crippen molar-refractivity contribution in [1.29, 1.82) is 0 Å². The molecule has 0 amide bonds. The number of halogens is 1. The summed E-state index contributed by atoms with van der Waals surface area (Å²) in [6, 6.07) is 0. The van der Waals surface area contributed by atoms with Gasteiger partial charge in [0.15, 0.2) is 0 Å². The average molecular weight is 161 g/mol. The van der Waals surface area contributed by atoms with Gasteiger partial charge in [-0.1, -0.05) is 0 Å². The highest BCUT2D eigenvalue weighted by Gasteiger charge is 1.95. The van der Waals surface area contributed by atoms with Crippen molar-refractivity contribution in [3.05, 3.63) is 17.6 Å². The lowest BCUT2D eigenvalue weighted by atomic mass is 10.4. The van der Waals surface area contributed by atoms with Crippen LogP contribution in [0.1, 0.15) is 11.4 Å². The molecule has 4 heteroatoms. The molecule has 0 aliphatic rings. The van der Waals surface area contributed by atoms with E-state index in [-0.39, 0.29) is 18.3 Å². The standard InChI is InChI=1S/C6H8N2O.ClH/c1-4-3-7-5(2)8-6(4)9;/h3H,1-2H3,(H,7,8,9);1H. The summed E-state index contributed by atoms with van der Waals surface area (Å²) >= 11 is 0. The number of aromatic hydroxyl groups is 1. The van der Waals surface area contributed by atoms with Crippen LogP contribution in [-0.2, 0) is 0 Å². The van der Waals surface area contributed by atoms with Crippen LogP contribution in [-0.4, -0.2) is 15.1 Å². The van der Waals surface area contributed by atoms with Crippen LogP contribution < -0.4 is 0 Å². The van der Waals surface area contributed by atoms with Crippen molar-refractivity contribution >= 4 is 12.4 Å². The quantitative estimate of drug-likeness (QED) is 0.621. The van der Waals surface area contributed by atoms with E-state index in [4.69, 9.17) is 5.11 Å². The molecule has 1 aromatic rings. The van der Waals surface area contributed by atoms with Crippen molar-refractivity contribution in [3.8, 4) is 5.88 Å². The molecule has 0 spiro atoms. The Morgan fingerprint density at radius 1 is 1.40 bits per heavy atom. The largest absolute Gasteiger partial charge is 0.493 e. The zero-order chi connectivity index (χ0) is 6.85. The van der Waals surface area contributed by atoms with Crippen molar-refractivity contribution in [2.24, 2.45) is 0 Å². The molecule has 0 aromatic carbocycles. The zero-order valence-electron chi connectivity index (χ0n) is 5.83. The lowest BCUT2D eigenvalue weighted by Crippen LogP contribution is -1.87. The summed E-state index contributed by atoms with van der Waals surface area (Å²) in [5.74, 6) is 0.667. The van der Waals surface area contributed by atoms with E-state index in [0.29, 0.717) is 11.4 Å². The summed E-state index contributed by atoms with van der Waals surface area (Å²) in [6.07, 6.45) is 1.59. The van der Waals surface area contributed by atoms with Gasteiger partial charge in [0.05, 0.1) is 0 Å². The molecule has 0 saturated heterocycles. The molecule has 0 fully saturated rings. The van der Waals surface area contributed by atoms with Crippen LogP contribution >= 0.6 is 12.4 Å². The van der Waals surface area contributed by atoms with E-state index >= 15 is 0 Å². The van der Waals surface area contributed by atoms with Crippen LogP contribution in [0.5, 0.6) is 5.88 Å². The SMILES string of the molecule is Cc1ncc(C)c(O)n1.Cl. The molecule has 0 unspecified atom stereocenters. The summed E-state index contributed by atoms with van der Waals surface area (Å²) in [7, 11) is 0. The van der Waals surface area contributed by atoms with Crippen molar-refractivity contribution in [2.75, 3.05) is 0 Å². The van der Waals surface area contributed by atoms with Crippen molar-refractivity contribution in [3.63, 3.8) is 0 Å². The first-order valence-electron chi connectivity index (χ1n) is 2.69. The van der Waals surface area contributed by atoms with E-state index in [9.17, 15) is 0 Å². The highest BCUT2D eigenvalue weighted by molar-refractivity contribution is 5.85. The Balaban J connectivity index is 0.000000810. The fourth-order valence-corrected chi connectivity index (χ4v) is 0.518. The maximum Gasteiger partial charge on any atom is 0.217 e. The third kappa shape index (κ3) is 1.84. The Labute approximate surface area is 65.5 Å². The molecule has 0 aliphatic carbocycles. The molecule has 0 aliphatic heterocycles. The van der Waals surface area contributed by atoms with Gasteiger partial charge in [-0.15, -0.1) is 12.4 Å². The number of aromatic nitrogens is 2. The Hall–Kier alpha value is -0.830. The van der Waals surface area contributed by atoms with E-state index in [2.05, 4.69) is 9.97 Å². The van der Waals surface area contributed by atoms with Gasteiger partial charge in [-0.3, -0.25) is 0 Å². The molecule has 0 saturated carbocycles. The molecule has 1 rings (SSSR count). The van der Waals surface area contributed by atoms with Gasteiger partial charge in [0.2, 0.25) is 5.88 Å². The van der Waals surface area contributed by atoms with E-state index in [1.807, 2.05) is 0 Å². The van der Waals surface area contributed by atoms with Crippen LogP contribution in [0, 0.1) is 13.8 Å². The summed E-state index contributed by atoms with van der Waals surface area (Å²) in [4.78, 5) is 7.59. The summed E-state index contributed by atoms with van der Waals surface area (Å²) in [5, 5.41) is 8.95. The predicted molar refractivity (Wildman–Crippen MR) is 40.4 cm³/mol. The summed E-state index contributed by atoms with van der Waals surface area (Å²) < 4.78 is 0. The molecule has 0 bridgehead atoms. The van der Waals surface area contributed by atoms with Gasteiger partial charge >= 0.3 is 0 Å². The highest BCUT2D eigenvalue weighted by atomic mass is 35.5. The van der Waals surface area contributed by atoms with Crippen molar-refractivity contribution in [2.45, 2.75) is 13.8 Å². The molecular formula is C6H9ClN2O. The number of hydrogen-bond donors (Lipinski definition) is 1. The van der Waals surface area contributed by atoms with Gasteiger partial charge in [-0.2, -0.15) is 4.98 Å². The molecule has 0 atom stereocenters. The third-order valence-electron chi connectivity index (χ3n) is 1.07. The number of rotatable bonds is 0. The Morgan fingerprint density at radius 2 is 2.00 bits per heavy atom. The third-order valence-corrected chi connectivity index (χ3v) is 1.07. The van der Waals surface area contributed by atoms with Gasteiger partial charge in [0.1, 0.15) is 5.82 Å². The summed E-state index contributed by atoms with van der Waals surface area (Å²) in [6.45, 7) is 3.49. The average Bonchev–Trinajstić information content (AvgIpc) is 1.80. The number of hydrogen-bond acceptors (Lipinski definition) is 3. The second-order valence-electron chi connectivity index (χ2n) is 1.92. The molecule has 1 N–H and O–H groups in total. The molecule has 0 radical (unpaired) electrons. The topological polar surface area (TPSA) is 46.0 Å². The summed E-state index contributed by atoms with van der Waals surface area (Å²) in [5.41, 5.74) is 0.709. The van der Waals surface area contributed by atoms with Crippen LogP contribution in [0.15, 0.2) is 6.20 Å². The van der Waals surface area contributed by atoms with Crippen LogP contribution in [0.2, 0.25) is 0 Å². The van der Waals surface area contributed by atoms with Crippen LogP contribution in [0.3, 0.4) is 0 Å². The van der Waals surface area contributed by atoms with Crippen LogP contribution in [0.4, 0.5) is 0 Å². The lowest BCUT2D eigenvalue weighted by Gasteiger charge is -1.94. The Morgan fingerprint density at radius 3 is 2.40 bits per heavy atom. The Bertz CT molecular complexity index is 227. The molecule has 56 valence electrons. The first-order valence-corrected chi connectivity index (χ1v) is 2.69. The van der Waals surface area contributed by atoms with E-state index < -0.39 is 0 Å². The lowest BCUT2D eigenvalue weighted by molar-refractivity contribution is 0.445. The van der Waals surface area contributed by atoms with Gasteiger partial charge < -0.3 is 5.11 Å². The smallest absolute Gasteiger partial charge is 0.217 e. The number of nitrogens with zero attached hydrogens (tertiary/aromatic N) is 2. The minimum absolute atomic E-state index is 0. The first kappa shape index (κ1) is 9.17. The predicted octanol–water partition coefficient (Wildman–Crippen LogP) is 1.22. The molecule has 3 nitrogen and oxygen atoms in total.